The molecule has 2 aromatic heterocycles. The van der Waals surface area contributed by atoms with Crippen molar-refractivity contribution in [2.24, 2.45) is 0 Å². The number of hydrogen-bond acceptors (Lipinski definition) is 2. The normalized spacial score (nSPS) is 10.8. The van der Waals surface area contributed by atoms with Crippen molar-refractivity contribution in [3.05, 3.63) is 48.8 Å². The molecule has 0 aliphatic carbocycles. The first-order valence-electron chi connectivity index (χ1n) is 5.12. The van der Waals surface area contributed by atoms with Crippen molar-refractivity contribution in [2.75, 3.05) is 5.73 Å². The van der Waals surface area contributed by atoms with Crippen LogP contribution in [0.15, 0.2) is 48.8 Å². The van der Waals surface area contributed by atoms with E-state index in [-0.39, 0.29) is 0 Å². The molecule has 3 N–H and O–H groups in total. The van der Waals surface area contributed by atoms with Crippen LogP contribution in [0.4, 0.5) is 5.69 Å². The number of rotatable bonds is 1. The summed E-state index contributed by atoms with van der Waals surface area (Å²) >= 11 is 0. The van der Waals surface area contributed by atoms with Crippen LogP contribution in [0, 0.1) is 0 Å². The van der Waals surface area contributed by atoms with Gasteiger partial charge in [-0.25, -0.2) is 4.98 Å². The van der Waals surface area contributed by atoms with E-state index in [0.29, 0.717) is 5.69 Å². The second-order valence-corrected chi connectivity index (χ2v) is 3.73. The molecule has 3 rings (SSSR count). The van der Waals surface area contributed by atoms with Crippen molar-refractivity contribution < 1.29 is 0 Å². The third-order valence-corrected chi connectivity index (χ3v) is 2.64. The van der Waals surface area contributed by atoms with Crippen LogP contribution in [-0.4, -0.2) is 9.97 Å². The van der Waals surface area contributed by atoms with Crippen LogP contribution in [0.3, 0.4) is 0 Å². The first-order valence-corrected chi connectivity index (χ1v) is 5.12. The van der Waals surface area contributed by atoms with Crippen LogP contribution in [0.2, 0.25) is 0 Å². The van der Waals surface area contributed by atoms with Gasteiger partial charge in [0.15, 0.2) is 0 Å². The fourth-order valence-corrected chi connectivity index (χ4v) is 1.88. The summed E-state index contributed by atoms with van der Waals surface area (Å²) in [5.41, 5.74) is 9.61. The molecule has 1 aromatic carbocycles. The number of nitrogen functional groups attached to an aromatic ring is 1. The average molecular weight is 209 g/mol. The van der Waals surface area contributed by atoms with Crippen molar-refractivity contribution in [1.29, 1.82) is 0 Å². The SMILES string of the molecule is Nc1cnc2[nH]cc(-c3ccccc3)c2c1. The van der Waals surface area contributed by atoms with E-state index in [1.807, 2.05) is 30.5 Å². The lowest BCUT2D eigenvalue weighted by molar-refractivity contribution is 1.33. The van der Waals surface area contributed by atoms with E-state index in [4.69, 9.17) is 5.73 Å². The Labute approximate surface area is 92.9 Å². The highest BCUT2D eigenvalue weighted by atomic mass is 14.8. The predicted molar refractivity (Wildman–Crippen MR) is 65.9 cm³/mol. The Bertz CT molecular complexity index is 626. The molecule has 0 saturated carbocycles. The Morgan fingerprint density at radius 2 is 1.94 bits per heavy atom. The number of nitrogens with two attached hydrogens (primary N) is 1. The molecule has 78 valence electrons. The number of H-pyrrole nitrogens is 1. The quantitative estimate of drug-likeness (QED) is 0.647. The van der Waals surface area contributed by atoms with Crippen LogP contribution in [0.5, 0.6) is 0 Å². The number of benzene rings is 1. The van der Waals surface area contributed by atoms with Crippen molar-refractivity contribution in [1.82, 2.24) is 9.97 Å². The van der Waals surface area contributed by atoms with E-state index in [2.05, 4.69) is 22.1 Å². The van der Waals surface area contributed by atoms with Crippen LogP contribution in [0.25, 0.3) is 22.2 Å². The van der Waals surface area contributed by atoms with E-state index in [1.54, 1.807) is 6.20 Å². The number of fused-ring (bicyclic) bond motifs is 1. The van der Waals surface area contributed by atoms with E-state index < -0.39 is 0 Å². The van der Waals surface area contributed by atoms with E-state index in [1.165, 1.54) is 5.56 Å². The summed E-state index contributed by atoms with van der Waals surface area (Å²) in [5.74, 6) is 0. The van der Waals surface area contributed by atoms with Gasteiger partial charge in [-0.2, -0.15) is 0 Å². The zero-order valence-corrected chi connectivity index (χ0v) is 8.64. The maximum Gasteiger partial charge on any atom is 0.138 e. The third-order valence-electron chi connectivity index (χ3n) is 2.64. The zero-order valence-electron chi connectivity index (χ0n) is 8.64. The van der Waals surface area contributed by atoms with Crippen molar-refractivity contribution in [3.8, 4) is 11.1 Å². The smallest absolute Gasteiger partial charge is 0.138 e. The van der Waals surface area contributed by atoms with Crippen molar-refractivity contribution in [2.45, 2.75) is 0 Å². The zero-order chi connectivity index (χ0) is 11.0. The first-order chi connectivity index (χ1) is 7.84. The van der Waals surface area contributed by atoms with Gasteiger partial charge < -0.3 is 10.7 Å². The molecule has 3 aromatic rings. The molecule has 2 heterocycles. The van der Waals surface area contributed by atoms with Gasteiger partial charge in [0.25, 0.3) is 0 Å². The number of aromatic amines is 1. The molecule has 0 amide bonds. The summed E-state index contributed by atoms with van der Waals surface area (Å²) in [6, 6.07) is 12.1. The van der Waals surface area contributed by atoms with Gasteiger partial charge in [-0.05, 0) is 11.6 Å². The van der Waals surface area contributed by atoms with Crippen molar-refractivity contribution >= 4 is 16.7 Å². The molecular weight excluding hydrogens is 198 g/mol. The highest BCUT2D eigenvalue weighted by Crippen LogP contribution is 2.28. The summed E-state index contributed by atoms with van der Waals surface area (Å²) in [5, 5.41) is 1.06. The minimum atomic E-state index is 0.685. The number of pyridine rings is 1. The van der Waals surface area contributed by atoms with Gasteiger partial charge in [0, 0.05) is 17.1 Å². The molecule has 0 saturated heterocycles. The van der Waals surface area contributed by atoms with Gasteiger partial charge in [0.05, 0.1) is 11.9 Å². The fourth-order valence-electron chi connectivity index (χ4n) is 1.88. The van der Waals surface area contributed by atoms with Crippen LogP contribution >= 0.6 is 0 Å². The second-order valence-electron chi connectivity index (χ2n) is 3.73. The standard InChI is InChI=1S/C13H11N3/c14-10-6-11-12(8-16-13(11)15-7-10)9-4-2-1-3-5-9/h1-8H,14H2,(H,15,16). The van der Waals surface area contributed by atoms with E-state index >= 15 is 0 Å². The predicted octanol–water partition coefficient (Wildman–Crippen LogP) is 2.81. The minimum Gasteiger partial charge on any atom is -0.397 e. The summed E-state index contributed by atoms with van der Waals surface area (Å²) in [6.45, 7) is 0. The van der Waals surface area contributed by atoms with Gasteiger partial charge >= 0.3 is 0 Å². The van der Waals surface area contributed by atoms with Crippen LogP contribution in [0.1, 0.15) is 0 Å². The maximum atomic E-state index is 5.75. The van der Waals surface area contributed by atoms with Gasteiger partial charge in [-0.1, -0.05) is 30.3 Å². The van der Waals surface area contributed by atoms with Gasteiger partial charge in [0.1, 0.15) is 5.65 Å². The Morgan fingerprint density at radius 1 is 1.12 bits per heavy atom. The fraction of sp³-hybridized carbons (Fsp3) is 0. The Balaban J connectivity index is 2.29. The molecule has 0 fully saturated rings. The van der Waals surface area contributed by atoms with Gasteiger partial charge in [-0.3, -0.25) is 0 Å². The molecule has 0 radical (unpaired) electrons. The summed E-state index contributed by atoms with van der Waals surface area (Å²) in [7, 11) is 0. The van der Waals surface area contributed by atoms with E-state index in [0.717, 1.165) is 16.6 Å². The van der Waals surface area contributed by atoms with Crippen molar-refractivity contribution in [3.63, 3.8) is 0 Å². The maximum absolute atomic E-state index is 5.75. The molecule has 0 aliphatic rings. The summed E-state index contributed by atoms with van der Waals surface area (Å²) < 4.78 is 0. The molecule has 0 atom stereocenters. The molecule has 0 aliphatic heterocycles. The average Bonchev–Trinajstić information content (AvgIpc) is 2.73. The molecule has 3 nitrogen and oxygen atoms in total. The highest BCUT2D eigenvalue weighted by Gasteiger charge is 2.06. The Hall–Kier alpha value is -2.29. The molecule has 0 bridgehead atoms. The lowest BCUT2D eigenvalue weighted by Crippen LogP contribution is -1.86. The Morgan fingerprint density at radius 3 is 2.75 bits per heavy atom. The second kappa shape index (κ2) is 3.38. The van der Waals surface area contributed by atoms with E-state index in [9.17, 15) is 0 Å². The summed E-state index contributed by atoms with van der Waals surface area (Å²) in [6.07, 6.45) is 3.63. The first kappa shape index (κ1) is 8.97. The molecule has 16 heavy (non-hydrogen) atoms. The minimum absolute atomic E-state index is 0.685. The number of aromatic nitrogens is 2. The van der Waals surface area contributed by atoms with Gasteiger partial charge in [-0.15, -0.1) is 0 Å². The van der Waals surface area contributed by atoms with Crippen LogP contribution < -0.4 is 5.73 Å². The number of nitrogens with one attached hydrogen (secondary N) is 1. The molecule has 0 unspecified atom stereocenters. The number of nitrogens with zero attached hydrogens (tertiary/aromatic N) is 1. The molecule has 3 heteroatoms. The van der Waals surface area contributed by atoms with Crippen LogP contribution in [-0.2, 0) is 0 Å². The Kier molecular flexibility index (Phi) is 1.90. The summed E-state index contributed by atoms with van der Waals surface area (Å²) in [4.78, 5) is 7.39. The van der Waals surface area contributed by atoms with Gasteiger partial charge in [0.2, 0.25) is 0 Å². The molecule has 0 spiro atoms. The third kappa shape index (κ3) is 1.34. The largest absolute Gasteiger partial charge is 0.397 e. The number of anilines is 1. The highest BCUT2D eigenvalue weighted by molar-refractivity contribution is 5.94. The topological polar surface area (TPSA) is 54.7 Å². The monoisotopic (exact) mass is 209 g/mol. The molecular formula is C13H11N3. The lowest BCUT2D eigenvalue weighted by atomic mass is 10.1. The number of hydrogen-bond donors (Lipinski definition) is 2. The lowest BCUT2D eigenvalue weighted by Gasteiger charge is -1.99.